The number of carbonyl (C=O) groups is 2. The van der Waals surface area contributed by atoms with Crippen LogP contribution in [-0.2, 0) is 26.0 Å². The highest BCUT2D eigenvalue weighted by Gasteiger charge is 2.27. The Balaban J connectivity index is 2.17. The molecule has 2 rings (SSSR count). The Morgan fingerprint density at radius 3 is 2.14 bits per heavy atom. The zero-order valence-electron chi connectivity index (χ0n) is 18.6. The number of guanidine groups is 1. The molecule has 0 radical (unpaired) electrons. The molecule has 14 heteroatoms. The summed E-state index contributed by atoms with van der Waals surface area (Å²) < 4.78 is 25.6. The Kier molecular flexibility index (Phi) is 10.7. The highest BCUT2D eigenvalue weighted by molar-refractivity contribution is 7.89. The fraction of sp³-hybridized carbons (Fsp3) is 0.286. The Morgan fingerprint density at radius 1 is 0.943 bits per heavy atom. The molecule has 2 aromatic rings. The molecular formula is C21H27Cl2N7O4S. The summed E-state index contributed by atoms with van der Waals surface area (Å²) in [4.78, 5) is 30.6. The van der Waals surface area contributed by atoms with Gasteiger partial charge >= 0.3 is 0 Å². The third-order valence-corrected chi connectivity index (χ3v) is 6.98. The van der Waals surface area contributed by atoms with Gasteiger partial charge in [0.25, 0.3) is 10.0 Å². The highest BCUT2D eigenvalue weighted by Crippen LogP contribution is 2.28. The van der Waals surface area contributed by atoms with Crippen molar-refractivity contribution in [3.8, 4) is 0 Å². The van der Waals surface area contributed by atoms with E-state index in [0.717, 1.165) is 5.56 Å². The molecule has 0 unspecified atom stereocenters. The number of nitrogens with two attached hydrogens (primary N) is 3. The summed E-state index contributed by atoms with van der Waals surface area (Å²) in [7, 11) is -4.25. The molecule has 190 valence electrons. The van der Waals surface area contributed by atoms with E-state index in [1.165, 1.54) is 18.2 Å². The summed E-state index contributed by atoms with van der Waals surface area (Å²) in [5.41, 5.74) is 19.4. The summed E-state index contributed by atoms with van der Waals surface area (Å²) >= 11 is 12.0. The Bertz CT molecular complexity index is 1140. The molecule has 11 nitrogen and oxygen atoms in total. The summed E-state index contributed by atoms with van der Waals surface area (Å²) in [6.45, 7) is 0.195. The molecule has 0 fully saturated rings. The van der Waals surface area contributed by atoms with Crippen LogP contribution in [0, 0.1) is 0 Å². The Labute approximate surface area is 213 Å². The lowest BCUT2D eigenvalue weighted by Gasteiger charge is -2.22. The van der Waals surface area contributed by atoms with Gasteiger partial charge in [0.1, 0.15) is 17.0 Å². The average molecular weight is 544 g/mol. The molecule has 0 spiro atoms. The van der Waals surface area contributed by atoms with Crippen molar-refractivity contribution >= 4 is 51.0 Å². The molecule has 0 aliphatic heterocycles. The molecule has 0 saturated carbocycles. The minimum absolute atomic E-state index is 0.0998. The van der Waals surface area contributed by atoms with Crippen LogP contribution in [0.25, 0.3) is 0 Å². The molecule has 0 aliphatic rings. The monoisotopic (exact) mass is 543 g/mol. The van der Waals surface area contributed by atoms with E-state index in [-0.39, 0.29) is 40.3 Å². The fourth-order valence-corrected chi connectivity index (χ4v) is 5.11. The van der Waals surface area contributed by atoms with Crippen molar-refractivity contribution in [3.05, 3.63) is 64.1 Å². The molecule has 0 bridgehead atoms. The summed E-state index contributed by atoms with van der Waals surface area (Å²) in [6, 6.07) is 11.0. The van der Waals surface area contributed by atoms with E-state index in [1.54, 1.807) is 24.3 Å². The van der Waals surface area contributed by atoms with Crippen LogP contribution in [0.1, 0.15) is 18.4 Å². The summed E-state index contributed by atoms with van der Waals surface area (Å²) in [5.74, 6) is -1.53. The number of nitrogens with one attached hydrogen (secondary N) is 3. The van der Waals surface area contributed by atoms with E-state index >= 15 is 0 Å². The van der Waals surface area contributed by atoms with Gasteiger partial charge in [0.05, 0.1) is 10.0 Å². The van der Waals surface area contributed by atoms with Crippen molar-refractivity contribution in [2.75, 3.05) is 6.54 Å². The van der Waals surface area contributed by atoms with Gasteiger partial charge in [0.15, 0.2) is 5.96 Å². The smallest absolute Gasteiger partial charge is 0.256 e. The number of nitrogens with zero attached hydrogens (tertiary/aromatic N) is 1. The third-order valence-electron chi connectivity index (χ3n) is 4.76. The number of rotatable bonds is 13. The maximum absolute atomic E-state index is 13.0. The zero-order valence-corrected chi connectivity index (χ0v) is 20.9. The number of hydrogen-bond donors (Lipinski definition) is 6. The normalized spacial score (nSPS) is 13.0. The van der Waals surface area contributed by atoms with E-state index in [9.17, 15) is 18.0 Å². The first-order valence-electron chi connectivity index (χ1n) is 10.4. The van der Waals surface area contributed by atoms with E-state index < -0.39 is 33.9 Å². The number of primary amides is 1. The molecule has 0 aliphatic carbocycles. The predicted molar refractivity (Wildman–Crippen MR) is 135 cm³/mol. The van der Waals surface area contributed by atoms with Crippen LogP contribution in [-0.4, -0.2) is 44.8 Å². The molecule has 9 N–H and O–H groups in total. The van der Waals surface area contributed by atoms with Crippen LogP contribution in [0.3, 0.4) is 0 Å². The van der Waals surface area contributed by atoms with E-state index in [0.29, 0.717) is 6.42 Å². The van der Waals surface area contributed by atoms with Gasteiger partial charge in [-0.1, -0.05) is 59.6 Å². The maximum Gasteiger partial charge on any atom is 0.256 e. The minimum Gasteiger partial charge on any atom is -0.370 e. The van der Waals surface area contributed by atoms with Crippen LogP contribution in [0.2, 0.25) is 10.0 Å². The SMILES string of the molecule is NC(=O)[C@H](Cc1ccccc1)NC(=O)[C@H](CCCN=C(N)N)NNS(=O)(=O)c1c(Cl)cccc1Cl. The van der Waals surface area contributed by atoms with Gasteiger partial charge in [-0.2, -0.15) is 0 Å². The maximum atomic E-state index is 13.0. The predicted octanol–water partition coefficient (Wildman–Crippen LogP) is 0.411. The van der Waals surface area contributed by atoms with Crippen LogP contribution < -0.4 is 32.8 Å². The fourth-order valence-electron chi connectivity index (χ4n) is 3.06. The van der Waals surface area contributed by atoms with Crippen molar-refractivity contribution in [3.63, 3.8) is 0 Å². The number of hydrazine groups is 1. The Morgan fingerprint density at radius 2 is 1.57 bits per heavy atom. The molecule has 35 heavy (non-hydrogen) atoms. The molecule has 0 aromatic heterocycles. The quantitative estimate of drug-likeness (QED) is 0.0909. The number of amides is 2. The van der Waals surface area contributed by atoms with Crippen molar-refractivity contribution < 1.29 is 18.0 Å². The van der Waals surface area contributed by atoms with Crippen molar-refractivity contribution in [2.24, 2.45) is 22.2 Å². The van der Waals surface area contributed by atoms with E-state index in [4.69, 9.17) is 40.4 Å². The molecule has 2 aromatic carbocycles. The second-order valence-corrected chi connectivity index (χ2v) is 9.89. The van der Waals surface area contributed by atoms with Crippen LogP contribution in [0.4, 0.5) is 0 Å². The first-order chi connectivity index (χ1) is 16.5. The number of carbonyl (C=O) groups excluding carboxylic acids is 2. The van der Waals surface area contributed by atoms with E-state index in [1.807, 2.05) is 6.07 Å². The number of halogens is 2. The third kappa shape index (κ3) is 9.00. The number of benzene rings is 2. The van der Waals surface area contributed by atoms with Crippen LogP contribution in [0.5, 0.6) is 0 Å². The zero-order chi connectivity index (χ0) is 26.0. The lowest BCUT2D eigenvalue weighted by atomic mass is 10.0. The van der Waals surface area contributed by atoms with Gasteiger partial charge in [-0.25, -0.2) is 13.8 Å². The topological polar surface area (TPSA) is 195 Å². The van der Waals surface area contributed by atoms with Crippen LogP contribution >= 0.6 is 23.2 Å². The second-order valence-electron chi connectivity index (χ2n) is 7.46. The first-order valence-corrected chi connectivity index (χ1v) is 12.7. The average Bonchev–Trinajstić information content (AvgIpc) is 2.78. The summed E-state index contributed by atoms with van der Waals surface area (Å²) in [5, 5.41) is 2.37. The molecule has 2 atom stereocenters. The number of aliphatic imine (C=N–C) groups is 1. The van der Waals surface area contributed by atoms with Gasteiger partial charge in [-0.05, 0) is 30.5 Å². The standard InChI is InChI=1S/C21H27Cl2N7O4S/c22-14-8-4-9-15(23)18(14)35(33,34)30-29-16(10-5-11-27-21(25)26)20(32)28-17(19(24)31)12-13-6-2-1-3-7-13/h1-4,6-9,16-17,29-30H,5,10-12H2,(H2,24,31)(H,28,32)(H4,25,26,27)/t16-,17-/m0/s1. The summed E-state index contributed by atoms with van der Waals surface area (Å²) in [6.07, 6.45) is 0.583. The number of sulfonamides is 1. The molecular weight excluding hydrogens is 517 g/mol. The molecule has 0 heterocycles. The highest BCUT2D eigenvalue weighted by atomic mass is 35.5. The van der Waals surface area contributed by atoms with Gasteiger partial charge in [-0.3, -0.25) is 14.6 Å². The minimum atomic E-state index is -4.25. The molecule has 0 saturated heterocycles. The van der Waals surface area contributed by atoms with Gasteiger partial charge < -0.3 is 22.5 Å². The second kappa shape index (κ2) is 13.3. The van der Waals surface area contributed by atoms with Crippen molar-refractivity contribution in [1.82, 2.24) is 15.6 Å². The lowest BCUT2D eigenvalue weighted by Crippen LogP contribution is -2.56. The van der Waals surface area contributed by atoms with Gasteiger partial charge in [0, 0.05) is 13.0 Å². The lowest BCUT2D eigenvalue weighted by molar-refractivity contribution is -0.128. The largest absolute Gasteiger partial charge is 0.370 e. The van der Waals surface area contributed by atoms with E-state index in [2.05, 4.69) is 20.6 Å². The Hall–Kier alpha value is -2.90. The first kappa shape index (κ1) is 28.3. The number of hydrogen-bond acceptors (Lipinski definition) is 6. The van der Waals surface area contributed by atoms with Gasteiger partial charge in [-0.15, -0.1) is 4.83 Å². The van der Waals surface area contributed by atoms with Gasteiger partial charge in [0.2, 0.25) is 11.8 Å². The van der Waals surface area contributed by atoms with Crippen molar-refractivity contribution in [1.29, 1.82) is 0 Å². The molecule has 2 amide bonds. The van der Waals surface area contributed by atoms with Crippen molar-refractivity contribution in [2.45, 2.75) is 36.2 Å². The van der Waals surface area contributed by atoms with Crippen LogP contribution in [0.15, 0.2) is 58.4 Å².